The molecule has 0 bridgehead atoms. The highest BCUT2D eigenvalue weighted by Gasteiger charge is 2.08. The van der Waals surface area contributed by atoms with Gasteiger partial charge in [0.25, 0.3) is 0 Å². The Bertz CT molecular complexity index is 325. The molecule has 0 spiro atoms. The third-order valence-electron chi connectivity index (χ3n) is 1.96. The molecule has 0 saturated carbocycles. The van der Waals surface area contributed by atoms with Crippen molar-refractivity contribution in [3.8, 4) is 0 Å². The monoisotopic (exact) mass is 223 g/mol. The molecule has 0 unspecified atom stereocenters. The van der Waals surface area contributed by atoms with Crippen LogP contribution in [0.2, 0.25) is 0 Å². The molecule has 1 N–H and O–H groups in total. The highest BCUT2D eigenvalue weighted by Crippen LogP contribution is 2.03. The van der Waals surface area contributed by atoms with Crippen molar-refractivity contribution in [2.75, 3.05) is 18.5 Å². The third-order valence-corrected chi connectivity index (χ3v) is 1.96. The number of carbonyl (C=O) groups is 1. The van der Waals surface area contributed by atoms with Crippen LogP contribution >= 0.6 is 0 Å². The van der Waals surface area contributed by atoms with Crippen LogP contribution in [0.25, 0.3) is 0 Å². The molecule has 5 nitrogen and oxygen atoms in total. The summed E-state index contributed by atoms with van der Waals surface area (Å²) >= 11 is 0. The average molecular weight is 223 g/mol. The van der Waals surface area contributed by atoms with Gasteiger partial charge >= 0.3 is 5.97 Å². The van der Waals surface area contributed by atoms with E-state index in [1.54, 1.807) is 12.1 Å². The Morgan fingerprint density at radius 3 is 2.75 bits per heavy atom. The van der Waals surface area contributed by atoms with Gasteiger partial charge in [-0.25, -0.2) is 4.79 Å². The molecule has 16 heavy (non-hydrogen) atoms. The van der Waals surface area contributed by atoms with Crippen molar-refractivity contribution in [1.29, 1.82) is 0 Å². The van der Waals surface area contributed by atoms with Gasteiger partial charge < -0.3 is 10.1 Å². The second-order valence-corrected chi connectivity index (χ2v) is 3.32. The normalized spacial score (nSPS) is 9.88. The third kappa shape index (κ3) is 3.84. The van der Waals surface area contributed by atoms with Crippen molar-refractivity contribution in [1.82, 2.24) is 10.2 Å². The molecule has 88 valence electrons. The second kappa shape index (κ2) is 6.76. The van der Waals surface area contributed by atoms with Crippen LogP contribution in [0, 0.1) is 0 Å². The first kappa shape index (κ1) is 12.4. The van der Waals surface area contributed by atoms with Gasteiger partial charge in [-0.05, 0) is 25.5 Å². The van der Waals surface area contributed by atoms with E-state index in [2.05, 4.69) is 15.5 Å². The van der Waals surface area contributed by atoms with Gasteiger partial charge in [0.2, 0.25) is 0 Å². The van der Waals surface area contributed by atoms with Crippen molar-refractivity contribution in [2.45, 2.75) is 26.7 Å². The van der Waals surface area contributed by atoms with Crippen LogP contribution in [0.15, 0.2) is 12.1 Å². The van der Waals surface area contributed by atoms with Gasteiger partial charge in [0.05, 0.1) is 6.61 Å². The van der Waals surface area contributed by atoms with Gasteiger partial charge in [-0.2, -0.15) is 0 Å². The molecule has 1 aromatic rings. The van der Waals surface area contributed by atoms with Crippen molar-refractivity contribution >= 4 is 11.8 Å². The van der Waals surface area contributed by atoms with Gasteiger partial charge in [-0.15, -0.1) is 10.2 Å². The summed E-state index contributed by atoms with van der Waals surface area (Å²) in [4.78, 5) is 11.4. The highest BCUT2D eigenvalue weighted by atomic mass is 16.5. The molecular formula is C11H17N3O2. The lowest BCUT2D eigenvalue weighted by Gasteiger charge is -2.03. The number of ether oxygens (including phenoxy) is 1. The van der Waals surface area contributed by atoms with Gasteiger partial charge in [-0.3, -0.25) is 0 Å². The number of hydrogen-bond acceptors (Lipinski definition) is 5. The van der Waals surface area contributed by atoms with Crippen LogP contribution in [0.5, 0.6) is 0 Å². The zero-order valence-corrected chi connectivity index (χ0v) is 9.69. The van der Waals surface area contributed by atoms with Crippen LogP contribution in [-0.2, 0) is 4.74 Å². The lowest BCUT2D eigenvalue weighted by molar-refractivity contribution is 0.0491. The molecule has 5 heteroatoms. The second-order valence-electron chi connectivity index (χ2n) is 3.32. The first-order chi connectivity index (χ1) is 7.77. The molecule has 1 rings (SSSR count). The molecule has 0 radical (unpaired) electrons. The predicted molar refractivity (Wildman–Crippen MR) is 61.4 cm³/mol. The number of anilines is 1. The summed E-state index contributed by atoms with van der Waals surface area (Å²) in [5, 5.41) is 10.6. The minimum absolute atomic E-state index is 0.248. The SMILES string of the molecule is CCCCOC(=O)c1ccc(NCC)nn1. The number of nitrogens with zero attached hydrogens (tertiary/aromatic N) is 2. The first-order valence-corrected chi connectivity index (χ1v) is 5.52. The smallest absolute Gasteiger partial charge is 0.358 e. The van der Waals surface area contributed by atoms with E-state index in [4.69, 9.17) is 4.74 Å². The van der Waals surface area contributed by atoms with Gasteiger partial charge in [-0.1, -0.05) is 13.3 Å². The number of unbranched alkanes of at least 4 members (excludes halogenated alkanes) is 1. The summed E-state index contributed by atoms with van der Waals surface area (Å²) in [5.74, 6) is 0.247. The predicted octanol–water partition coefficient (Wildman–Crippen LogP) is 1.87. The van der Waals surface area contributed by atoms with Crippen LogP contribution in [0.3, 0.4) is 0 Å². The zero-order valence-electron chi connectivity index (χ0n) is 9.69. The van der Waals surface area contributed by atoms with E-state index in [1.807, 2.05) is 13.8 Å². The van der Waals surface area contributed by atoms with E-state index in [0.717, 1.165) is 19.4 Å². The fourth-order valence-electron chi connectivity index (χ4n) is 1.10. The maximum absolute atomic E-state index is 11.4. The Kier molecular flexibility index (Phi) is 5.25. The van der Waals surface area contributed by atoms with Crippen molar-refractivity contribution < 1.29 is 9.53 Å². The summed E-state index contributed by atoms with van der Waals surface area (Å²) in [5.41, 5.74) is 0.248. The van der Waals surface area contributed by atoms with Crippen LogP contribution in [0.4, 0.5) is 5.82 Å². The topological polar surface area (TPSA) is 64.1 Å². The number of hydrogen-bond donors (Lipinski definition) is 1. The number of rotatable bonds is 6. The van der Waals surface area contributed by atoms with Crippen LogP contribution < -0.4 is 5.32 Å². The number of aromatic nitrogens is 2. The fourth-order valence-corrected chi connectivity index (χ4v) is 1.10. The Balaban J connectivity index is 2.49. The molecule has 0 aliphatic heterocycles. The van der Waals surface area contributed by atoms with Gasteiger partial charge in [0, 0.05) is 6.54 Å². The van der Waals surface area contributed by atoms with E-state index in [9.17, 15) is 4.79 Å². The summed E-state index contributed by atoms with van der Waals surface area (Å²) in [6, 6.07) is 3.33. The summed E-state index contributed by atoms with van der Waals surface area (Å²) in [7, 11) is 0. The molecule has 0 saturated heterocycles. The molecule has 0 aliphatic carbocycles. The molecular weight excluding hydrogens is 206 g/mol. The zero-order chi connectivity index (χ0) is 11.8. The van der Waals surface area contributed by atoms with E-state index >= 15 is 0 Å². The van der Waals surface area contributed by atoms with Crippen LogP contribution in [-0.4, -0.2) is 29.3 Å². The minimum atomic E-state index is -0.413. The van der Waals surface area contributed by atoms with E-state index < -0.39 is 5.97 Å². The maximum Gasteiger partial charge on any atom is 0.358 e. The van der Waals surface area contributed by atoms with Gasteiger partial charge in [0.1, 0.15) is 5.82 Å². The molecule has 0 aliphatic rings. The Morgan fingerprint density at radius 2 is 2.19 bits per heavy atom. The number of carbonyl (C=O) groups excluding carboxylic acids is 1. The summed E-state index contributed by atoms with van der Waals surface area (Å²) < 4.78 is 5.01. The first-order valence-electron chi connectivity index (χ1n) is 5.52. The molecule has 0 fully saturated rings. The lowest BCUT2D eigenvalue weighted by Crippen LogP contribution is -2.10. The fraction of sp³-hybridized carbons (Fsp3) is 0.545. The van der Waals surface area contributed by atoms with E-state index in [-0.39, 0.29) is 5.69 Å². The summed E-state index contributed by atoms with van der Waals surface area (Å²) in [6.07, 6.45) is 1.87. The van der Waals surface area contributed by atoms with E-state index in [1.165, 1.54) is 0 Å². The molecule has 0 atom stereocenters. The molecule has 0 aromatic carbocycles. The Hall–Kier alpha value is -1.65. The minimum Gasteiger partial charge on any atom is -0.461 e. The molecule has 1 aromatic heterocycles. The standard InChI is InChI=1S/C11H17N3O2/c1-3-5-8-16-11(15)9-6-7-10(12-4-2)14-13-9/h6-7H,3-5,8H2,1-2H3,(H,12,14). The van der Waals surface area contributed by atoms with Crippen molar-refractivity contribution in [2.24, 2.45) is 0 Å². The lowest BCUT2D eigenvalue weighted by atomic mass is 10.3. The Morgan fingerprint density at radius 1 is 1.38 bits per heavy atom. The highest BCUT2D eigenvalue weighted by molar-refractivity contribution is 5.87. The largest absolute Gasteiger partial charge is 0.461 e. The van der Waals surface area contributed by atoms with Crippen molar-refractivity contribution in [3.05, 3.63) is 17.8 Å². The number of nitrogens with one attached hydrogen (secondary N) is 1. The number of esters is 1. The van der Waals surface area contributed by atoms with E-state index in [0.29, 0.717) is 12.4 Å². The molecule has 1 heterocycles. The summed E-state index contributed by atoms with van der Waals surface area (Å²) in [6.45, 7) is 5.22. The van der Waals surface area contributed by atoms with Gasteiger partial charge in [0.15, 0.2) is 5.69 Å². The van der Waals surface area contributed by atoms with Crippen LogP contribution in [0.1, 0.15) is 37.2 Å². The molecule has 0 amide bonds. The maximum atomic E-state index is 11.4. The Labute approximate surface area is 95.2 Å². The average Bonchev–Trinajstić information content (AvgIpc) is 2.30. The van der Waals surface area contributed by atoms with Crippen molar-refractivity contribution in [3.63, 3.8) is 0 Å². The quantitative estimate of drug-likeness (QED) is 0.589.